The van der Waals surface area contributed by atoms with Crippen molar-refractivity contribution in [1.82, 2.24) is 10.2 Å². The SMILES string of the molecule is Cc1cc(OCc2ccc(C(C)C)cc2)[nH]n1. The molecule has 3 heteroatoms. The van der Waals surface area contributed by atoms with Crippen molar-refractivity contribution in [2.24, 2.45) is 0 Å². The summed E-state index contributed by atoms with van der Waals surface area (Å²) in [6, 6.07) is 10.4. The predicted octanol–water partition coefficient (Wildman–Crippen LogP) is 3.42. The first-order valence-electron chi connectivity index (χ1n) is 5.89. The van der Waals surface area contributed by atoms with Crippen LogP contribution in [-0.4, -0.2) is 10.2 Å². The number of H-pyrrole nitrogens is 1. The summed E-state index contributed by atoms with van der Waals surface area (Å²) < 4.78 is 5.60. The van der Waals surface area contributed by atoms with Crippen LogP contribution in [0.4, 0.5) is 0 Å². The summed E-state index contributed by atoms with van der Waals surface area (Å²) in [5, 5.41) is 6.85. The van der Waals surface area contributed by atoms with E-state index in [1.54, 1.807) is 0 Å². The van der Waals surface area contributed by atoms with Gasteiger partial charge in [-0.1, -0.05) is 38.1 Å². The lowest BCUT2D eigenvalue weighted by Gasteiger charge is -2.07. The molecule has 1 aromatic carbocycles. The van der Waals surface area contributed by atoms with E-state index in [9.17, 15) is 0 Å². The van der Waals surface area contributed by atoms with Gasteiger partial charge in [0.15, 0.2) is 0 Å². The Kier molecular flexibility index (Phi) is 3.47. The van der Waals surface area contributed by atoms with Crippen molar-refractivity contribution in [3.05, 3.63) is 47.2 Å². The molecular weight excluding hydrogens is 212 g/mol. The van der Waals surface area contributed by atoms with E-state index in [1.807, 2.05) is 13.0 Å². The highest BCUT2D eigenvalue weighted by Crippen LogP contribution is 2.16. The van der Waals surface area contributed by atoms with Crippen LogP contribution in [0, 0.1) is 6.92 Å². The fourth-order valence-corrected chi connectivity index (χ4v) is 1.63. The Morgan fingerprint density at radius 1 is 1.24 bits per heavy atom. The van der Waals surface area contributed by atoms with Gasteiger partial charge in [-0.3, -0.25) is 0 Å². The molecule has 0 spiro atoms. The van der Waals surface area contributed by atoms with Crippen LogP contribution in [0.1, 0.15) is 36.6 Å². The van der Waals surface area contributed by atoms with Crippen LogP contribution < -0.4 is 4.74 Å². The van der Waals surface area contributed by atoms with Crippen molar-refractivity contribution in [3.8, 4) is 5.88 Å². The highest BCUT2D eigenvalue weighted by atomic mass is 16.5. The second-order valence-electron chi connectivity index (χ2n) is 4.56. The summed E-state index contributed by atoms with van der Waals surface area (Å²) >= 11 is 0. The number of rotatable bonds is 4. The maximum atomic E-state index is 5.60. The highest BCUT2D eigenvalue weighted by molar-refractivity contribution is 5.24. The van der Waals surface area contributed by atoms with E-state index < -0.39 is 0 Å². The third kappa shape index (κ3) is 3.09. The summed E-state index contributed by atoms with van der Waals surface area (Å²) in [6.07, 6.45) is 0. The molecule has 2 rings (SSSR count). The molecule has 3 nitrogen and oxygen atoms in total. The molecule has 0 atom stereocenters. The van der Waals surface area contributed by atoms with Crippen LogP contribution in [0.15, 0.2) is 30.3 Å². The third-order valence-electron chi connectivity index (χ3n) is 2.72. The topological polar surface area (TPSA) is 37.9 Å². The van der Waals surface area contributed by atoms with Gasteiger partial charge in [0, 0.05) is 6.07 Å². The van der Waals surface area contributed by atoms with Crippen molar-refractivity contribution >= 4 is 0 Å². The molecule has 0 unspecified atom stereocenters. The summed E-state index contributed by atoms with van der Waals surface area (Å²) in [5.74, 6) is 1.29. The molecule has 0 amide bonds. The van der Waals surface area contributed by atoms with E-state index in [1.165, 1.54) is 11.1 Å². The van der Waals surface area contributed by atoms with Crippen LogP contribution in [0.3, 0.4) is 0 Å². The maximum Gasteiger partial charge on any atom is 0.209 e. The van der Waals surface area contributed by atoms with Gasteiger partial charge in [0.05, 0.1) is 5.69 Å². The van der Waals surface area contributed by atoms with Gasteiger partial charge in [0.2, 0.25) is 5.88 Å². The zero-order valence-electron chi connectivity index (χ0n) is 10.5. The van der Waals surface area contributed by atoms with Crippen molar-refractivity contribution in [2.75, 3.05) is 0 Å². The van der Waals surface area contributed by atoms with Crippen LogP contribution in [0.2, 0.25) is 0 Å². The highest BCUT2D eigenvalue weighted by Gasteiger charge is 2.01. The molecule has 1 N–H and O–H groups in total. The van der Waals surface area contributed by atoms with Crippen molar-refractivity contribution in [3.63, 3.8) is 0 Å². The first kappa shape index (κ1) is 11.7. The average molecular weight is 230 g/mol. The molecule has 1 heterocycles. The summed E-state index contributed by atoms with van der Waals surface area (Å²) in [6.45, 7) is 6.89. The normalized spacial score (nSPS) is 10.8. The Balaban J connectivity index is 1.95. The minimum absolute atomic E-state index is 0.569. The van der Waals surface area contributed by atoms with Crippen LogP contribution in [0.5, 0.6) is 5.88 Å². The van der Waals surface area contributed by atoms with Gasteiger partial charge in [0.25, 0.3) is 0 Å². The van der Waals surface area contributed by atoms with E-state index >= 15 is 0 Å². The number of hydrogen-bond acceptors (Lipinski definition) is 2. The lowest BCUT2D eigenvalue weighted by Crippen LogP contribution is -1.96. The molecule has 0 aliphatic carbocycles. The molecule has 0 aliphatic heterocycles. The lowest BCUT2D eigenvalue weighted by molar-refractivity contribution is 0.293. The molecule has 90 valence electrons. The minimum Gasteiger partial charge on any atom is -0.473 e. The quantitative estimate of drug-likeness (QED) is 0.873. The van der Waals surface area contributed by atoms with Gasteiger partial charge in [0.1, 0.15) is 6.61 Å². The largest absolute Gasteiger partial charge is 0.473 e. The first-order valence-corrected chi connectivity index (χ1v) is 5.89. The number of nitrogens with zero attached hydrogens (tertiary/aromatic N) is 1. The lowest BCUT2D eigenvalue weighted by atomic mass is 10.0. The number of benzene rings is 1. The number of hydrogen-bond donors (Lipinski definition) is 1. The molecule has 0 fully saturated rings. The van der Waals surface area contributed by atoms with Gasteiger partial charge in [-0.25, -0.2) is 5.10 Å². The van der Waals surface area contributed by atoms with E-state index in [4.69, 9.17) is 4.74 Å². The fourth-order valence-electron chi connectivity index (χ4n) is 1.63. The molecular formula is C14H18N2O. The second-order valence-corrected chi connectivity index (χ2v) is 4.56. The molecule has 0 saturated heterocycles. The zero-order chi connectivity index (χ0) is 12.3. The first-order chi connectivity index (χ1) is 8.15. The number of aromatic amines is 1. The predicted molar refractivity (Wildman–Crippen MR) is 68.2 cm³/mol. The number of aryl methyl sites for hydroxylation is 1. The molecule has 0 aliphatic rings. The van der Waals surface area contributed by atoms with Crippen LogP contribution in [-0.2, 0) is 6.61 Å². The summed E-state index contributed by atoms with van der Waals surface area (Å²) in [7, 11) is 0. The standard InChI is InChI=1S/C14H18N2O/c1-10(2)13-6-4-12(5-7-13)9-17-14-8-11(3)15-16-14/h4-8,10H,9H2,1-3H3,(H,15,16). The molecule has 1 aromatic heterocycles. The van der Waals surface area contributed by atoms with Crippen LogP contribution in [0.25, 0.3) is 0 Å². The van der Waals surface area contributed by atoms with Gasteiger partial charge < -0.3 is 4.74 Å². The van der Waals surface area contributed by atoms with E-state index in [0.29, 0.717) is 12.5 Å². The minimum atomic E-state index is 0.569. The van der Waals surface area contributed by atoms with Crippen molar-refractivity contribution in [2.45, 2.75) is 33.3 Å². The average Bonchev–Trinajstić information content (AvgIpc) is 2.73. The number of nitrogens with one attached hydrogen (secondary N) is 1. The Hall–Kier alpha value is -1.77. The number of aromatic nitrogens is 2. The Labute approximate surface area is 102 Å². The summed E-state index contributed by atoms with van der Waals surface area (Å²) in [5.41, 5.74) is 3.46. The second kappa shape index (κ2) is 5.04. The van der Waals surface area contributed by atoms with Crippen molar-refractivity contribution < 1.29 is 4.74 Å². The third-order valence-corrected chi connectivity index (χ3v) is 2.72. The van der Waals surface area contributed by atoms with Crippen LogP contribution >= 0.6 is 0 Å². The van der Waals surface area contributed by atoms with Crippen molar-refractivity contribution in [1.29, 1.82) is 0 Å². The molecule has 0 saturated carbocycles. The molecule has 0 bridgehead atoms. The maximum absolute atomic E-state index is 5.60. The van der Waals surface area contributed by atoms with E-state index in [-0.39, 0.29) is 0 Å². The van der Waals surface area contributed by atoms with Gasteiger partial charge in [-0.15, -0.1) is 0 Å². The summed E-state index contributed by atoms with van der Waals surface area (Å²) in [4.78, 5) is 0. The van der Waals surface area contributed by atoms with Gasteiger partial charge in [-0.2, -0.15) is 5.10 Å². The van der Waals surface area contributed by atoms with Gasteiger partial charge >= 0.3 is 0 Å². The van der Waals surface area contributed by atoms with E-state index in [0.717, 1.165) is 11.6 Å². The number of ether oxygens (including phenoxy) is 1. The molecule has 0 radical (unpaired) electrons. The fraction of sp³-hybridized carbons (Fsp3) is 0.357. The molecule has 17 heavy (non-hydrogen) atoms. The Bertz CT molecular complexity index is 471. The molecule has 2 aromatic rings. The van der Waals surface area contributed by atoms with Gasteiger partial charge in [-0.05, 0) is 24.0 Å². The smallest absolute Gasteiger partial charge is 0.209 e. The zero-order valence-corrected chi connectivity index (χ0v) is 10.5. The Morgan fingerprint density at radius 3 is 2.47 bits per heavy atom. The van der Waals surface area contributed by atoms with E-state index in [2.05, 4.69) is 48.3 Å². The monoisotopic (exact) mass is 230 g/mol. The Morgan fingerprint density at radius 2 is 1.94 bits per heavy atom.